The highest BCUT2D eigenvalue weighted by molar-refractivity contribution is 5.86. The number of rotatable bonds is 3. The van der Waals surface area contributed by atoms with E-state index >= 15 is 0 Å². The van der Waals surface area contributed by atoms with Gasteiger partial charge in [0, 0.05) is 42.3 Å². The third-order valence-electron chi connectivity index (χ3n) is 5.68. The van der Waals surface area contributed by atoms with Gasteiger partial charge in [0.25, 0.3) is 5.56 Å². The van der Waals surface area contributed by atoms with Gasteiger partial charge in [-0.1, -0.05) is 19.1 Å². The summed E-state index contributed by atoms with van der Waals surface area (Å²) in [6.07, 6.45) is -0.979. The van der Waals surface area contributed by atoms with Crippen LogP contribution in [0, 0.1) is 0 Å². The molecule has 0 aliphatic heterocycles. The molecular formula is C24H18F3N5O. The van der Waals surface area contributed by atoms with Gasteiger partial charge < -0.3 is 0 Å². The molecule has 5 rings (SSSR count). The molecule has 0 saturated carbocycles. The molecule has 1 aromatic carbocycles. The van der Waals surface area contributed by atoms with Crippen LogP contribution in [-0.2, 0) is 19.6 Å². The van der Waals surface area contributed by atoms with Gasteiger partial charge >= 0.3 is 6.18 Å². The monoisotopic (exact) mass is 449 g/mol. The summed E-state index contributed by atoms with van der Waals surface area (Å²) < 4.78 is 42.5. The topological polar surface area (TPSA) is 65.1 Å². The summed E-state index contributed by atoms with van der Waals surface area (Å²) in [5.41, 5.74) is 3.14. The Morgan fingerprint density at radius 2 is 1.79 bits per heavy atom. The molecule has 0 bridgehead atoms. The highest BCUT2D eigenvalue weighted by atomic mass is 19.4. The van der Waals surface area contributed by atoms with Crippen LogP contribution in [0.2, 0.25) is 0 Å². The molecule has 0 aliphatic carbocycles. The Labute approximate surface area is 186 Å². The molecule has 0 amide bonds. The van der Waals surface area contributed by atoms with E-state index in [1.807, 2.05) is 31.2 Å². The summed E-state index contributed by atoms with van der Waals surface area (Å²) in [6, 6.07) is 13.3. The van der Waals surface area contributed by atoms with Gasteiger partial charge in [-0.3, -0.25) is 19.3 Å². The lowest BCUT2D eigenvalue weighted by Crippen LogP contribution is -2.19. The Hall–Kier alpha value is -4.01. The molecule has 33 heavy (non-hydrogen) atoms. The molecule has 4 heterocycles. The van der Waals surface area contributed by atoms with Crippen molar-refractivity contribution in [1.82, 2.24) is 24.1 Å². The van der Waals surface area contributed by atoms with Crippen LogP contribution in [-0.4, -0.2) is 24.1 Å². The predicted octanol–water partition coefficient (Wildman–Crippen LogP) is 4.89. The van der Waals surface area contributed by atoms with E-state index in [0.717, 1.165) is 35.5 Å². The lowest BCUT2D eigenvalue weighted by molar-refractivity contribution is -0.141. The van der Waals surface area contributed by atoms with Crippen molar-refractivity contribution in [2.75, 3.05) is 0 Å². The molecule has 9 heteroatoms. The fraction of sp³-hybridized carbons (Fsp3) is 0.167. The van der Waals surface area contributed by atoms with Crippen LogP contribution >= 0.6 is 0 Å². The summed E-state index contributed by atoms with van der Waals surface area (Å²) in [5, 5.41) is 5.01. The number of hydrogen-bond donors (Lipinski definition) is 0. The first-order valence-electron chi connectivity index (χ1n) is 10.3. The first kappa shape index (κ1) is 20.9. The Morgan fingerprint density at radius 1 is 0.970 bits per heavy atom. The second kappa shape index (κ2) is 7.54. The van der Waals surface area contributed by atoms with Gasteiger partial charge in [0.2, 0.25) is 0 Å². The minimum absolute atomic E-state index is 0.219. The number of benzene rings is 1. The third kappa shape index (κ3) is 3.45. The minimum Gasteiger partial charge on any atom is -0.296 e. The molecule has 0 aliphatic rings. The Morgan fingerprint density at radius 3 is 2.55 bits per heavy atom. The molecule has 5 aromatic rings. The van der Waals surface area contributed by atoms with Gasteiger partial charge in [-0.25, -0.2) is 4.52 Å². The minimum atomic E-state index is -4.57. The highest BCUT2D eigenvalue weighted by Gasteiger charge is 2.32. The van der Waals surface area contributed by atoms with E-state index < -0.39 is 11.9 Å². The zero-order valence-electron chi connectivity index (χ0n) is 17.8. The van der Waals surface area contributed by atoms with Crippen molar-refractivity contribution in [1.29, 1.82) is 0 Å². The average Bonchev–Trinajstić information content (AvgIpc) is 3.28. The van der Waals surface area contributed by atoms with Crippen LogP contribution in [0.15, 0.2) is 65.7 Å². The molecule has 6 nitrogen and oxygen atoms in total. The second-order valence-corrected chi connectivity index (χ2v) is 7.67. The molecule has 0 fully saturated rings. The molecule has 0 radical (unpaired) electrons. The van der Waals surface area contributed by atoms with Gasteiger partial charge in [-0.2, -0.15) is 18.3 Å². The Bertz CT molecular complexity index is 1580. The van der Waals surface area contributed by atoms with E-state index in [4.69, 9.17) is 0 Å². The first-order valence-corrected chi connectivity index (χ1v) is 10.3. The number of alkyl halides is 3. The van der Waals surface area contributed by atoms with Crippen molar-refractivity contribution >= 4 is 16.6 Å². The SMILES string of the molecule is CCc1ncccc1-c1ccc2c(=O)n(C)c3cc(-c4ccnc(C(F)(F)F)c4)nn3c2c1. The van der Waals surface area contributed by atoms with E-state index in [1.165, 1.54) is 10.6 Å². The van der Waals surface area contributed by atoms with Gasteiger partial charge in [-0.05, 0) is 42.3 Å². The van der Waals surface area contributed by atoms with Crippen molar-refractivity contribution in [3.8, 4) is 22.4 Å². The smallest absolute Gasteiger partial charge is 0.296 e. The number of hydrogen-bond acceptors (Lipinski definition) is 4. The molecule has 0 spiro atoms. The number of pyridine rings is 2. The second-order valence-electron chi connectivity index (χ2n) is 7.67. The maximum absolute atomic E-state index is 13.1. The fourth-order valence-electron chi connectivity index (χ4n) is 4.00. The number of aromatic nitrogens is 5. The molecule has 166 valence electrons. The summed E-state index contributed by atoms with van der Waals surface area (Å²) in [4.78, 5) is 20.8. The maximum atomic E-state index is 13.1. The normalized spacial score (nSPS) is 12.0. The summed E-state index contributed by atoms with van der Waals surface area (Å²) in [7, 11) is 1.61. The van der Waals surface area contributed by atoms with Crippen LogP contribution < -0.4 is 5.56 Å². The van der Waals surface area contributed by atoms with Gasteiger partial charge in [0.15, 0.2) is 0 Å². The van der Waals surface area contributed by atoms with E-state index in [2.05, 4.69) is 15.1 Å². The van der Waals surface area contributed by atoms with Crippen LogP contribution in [0.5, 0.6) is 0 Å². The third-order valence-corrected chi connectivity index (χ3v) is 5.68. The Balaban J connectivity index is 1.77. The molecule has 0 saturated heterocycles. The molecular weight excluding hydrogens is 431 g/mol. The summed E-state index contributed by atoms with van der Waals surface area (Å²) in [5.74, 6) is 0. The maximum Gasteiger partial charge on any atom is 0.433 e. The van der Waals surface area contributed by atoms with Crippen LogP contribution in [0.1, 0.15) is 18.3 Å². The van der Waals surface area contributed by atoms with Gasteiger partial charge in [0.05, 0.1) is 16.6 Å². The van der Waals surface area contributed by atoms with Crippen molar-refractivity contribution < 1.29 is 13.2 Å². The van der Waals surface area contributed by atoms with Crippen LogP contribution in [0.3, 0.4) is 0 Å². The highest BCUT2D eigenvalue weighted by Crippen LogP contribution is 2.31. The number of halogens is 3. The molecule has 0 N–H and O–H groups in total. The average molecular weight is 449 g/mol. The van der Waals surface area contributed by atoms with Crippen molar-refractivity contribution in [2.45, 2.75) is 19.5 Å². The van der Waals surface area contributed by atoms with Crippen LogP contribution in [0.4, 0.5) is 13.2 Å². The van der Waals surface area contributed by atoms with Gasteiger partial charge in [-0.15, -0.1) is 0 Å². The van der Waals surface area contributed by atoms with Crippen molar-refractivity contribution in [3.63, 3.8) is 0 Å². The summed E-state index contributed by atoms with van der Waals surface area (Å²) in [6.45, 7) is 2.02. The lowest BCUT2D eigenvalue weighted by Gasteiger charge is -2.10. The van der Waals surface area contributed by atoms with E-state index in [9.17, 15) is 18.0 Å². The van der Waals surface area contributed by atoms with E-state index in [0.29, 0.717) is 22.2 Å². The first-order chi connectivity index (χ1) is 15.8. The Kier molecular flexibility index (Phi) is 4.77. The van der Waals surface area contributed by atoms with Crippen LogP contribution in [0.25, 0.3) is 38.9 Å². The zero-order valence-corrected chi connectivity index (χ0v) is 17.8. The molecule has 0 atom stereocenters. The fourth-order valence-corrected chi connectivity index (χ4v) is 4.00. The summed E-state index contributed by atoms with van der Waals surface area (Å²) >= 11 is 0. The number of nitrogens with zero attached hydrogens (tertiary/aromatic N) is 5. The van der Waals surface area contributed by atoms with E-state index in [1.54, 1.807) is 29.9 Å². The lowest BCUT2D eigenvalue weighted by atomic mass is 10.0. The zero-order chi connectivity index (χ0) is 23.3. The quantitative estimate of drug-likeness (QED) is 0.393. The number of fused-ring (bicyclic) bond motifs is 3. The van der Waals surface area contributed by atoms with Crippen molar-refractivity contribution in [3.05, 3.63) is 82.7 Å². The molecule has 0 unspecified atom stereocenters. The predicted molar refractivity (Wildman–Crippen MR) is 119 cm³/mol. The van der Waals surface area contributed by atoms with Crippen molar-refractivity contribution in [2.24, 2.45) is 7.05 Å². The largest absolute Gasteiger partial charge is 0.433 e. The number of aryl methyl sites for hydroxylation is 2. The van der Waals surface area contributed by atoms with Gasteiger partial charge in [0.1, 0.15) is 11.3 Å². The van der Waals surface area contributed by atoms with E-state index in [-0.39, 0.29) is 11.1 Å². The standard InChI is InChI=1S/C24H18F3N5O/c1-3-18-16(5-4-9-28-18)14-6-7-17-20(11-14)32-22(31(2)23(17)33)13-19(30-32)15-8-10-29-21(12-15)24(25,26)27/h4-13H,3H2,1-2H3. The molecule has 4 aromatic heterocycles.